The average molecular weight is 423 g/mol. The second kappa shape index (κ2) is 7.71. The van der Waals surface area contributed by atoms with Gasteiger partial charge in [0.15, 0.2) is 0 Å². The van der Waals surface area contributed by atoms with Crippen LogP contribution in [0.5, 0.6) is 0 Å². The Hall–Kier alpha value is -1.54. The number of carboxylic acid groups (broad SMARTS) is 1. The Kier molecular flexibility index (Phi) is 5.83. The highest BCUT2D eigenvalue weighted by Gasteiger charge is 2.52. The summed E-state index contributed by atoms with van der Waals surface area (Å²) in [6.07, 6.45) is -5.23. The Bertz CT molecular complexity index is 739. The van der Waals surface area contributed by atoms with Crippen LogP contribution >= 0.6 is 11.6 Å². The molecule has 0 radical (unpaired) electrons. The van der Waals surface area contributed by atoms with Gasteiger partial charge >= 0.3 is 12.3 Å². The van der Waals surface area contributed by atoms with E-state index < -0.39 is 24.0 Å². The molecule has 1 N–H and O–H groups in total. The summed E-state index contributed by atoms with van der Waals surface area (Å²) in [7, 11) is 0. The largest absolute Gasteiger partial charge is 0.465 e. The number of amides is 1. The van der Waals surface area contributed by atoms with E-state index in [1.165, 1.54) is 17.0 Å². The number of benzene rings is 1. The molecule has 3 atom stereocenters. The molecule has 2 fully saturated rings. The average Bonchev–Trinajstić information content (AvgIpc) is 2.53. The van der Waals surface area contributed by atoms with Crippen molar-refractivity contribution in [3.63, 3.8) is 0 Å². The lowest BCUT2D eigenvalue weighted by Crippen LogP contribution is -2.60. The fraction of sp³-hybridized carbons (Fsp3) is 0.632. The van der Waals surface area contributed by atoms with Crippen molar-refractivity contribution in [3.05, 3.63) is 34.6 Å². The van der Waals surface area contributed by atoms with Crippen LogP contribution in [0.15, 0.2) is 18.2 Å². The summed E-state index contributed by atoms with van der Waals surface area (Å²) in [5.74, 6) is -2.16. The number of piperazine rings is 1. The SMILES string of the molecule is C[C@@H]1CN(C(=O)O)[C@@H](C)CN1C(c1ccc(F)c(Cl)c1)[C@H]1C[C@H](C(F)(F)F)C1. The van der Waals surface area contributed by atoms with Crippen LogP contribution in [0.4, 0.5) is 22.4 Å². The van der Waals surface area contributed by atoms with E-state index in [0.29, 0.717) is 12.1 Å². The lowest BCUT2D eigenvalue weighted by molar-refractivity contribution is -0.211. The summed E-state index contributed by atoms with van der Waals surface area (Å²) in [4.78, 5) is 14.8. The van der Waals surface area contributed by atoms with Crippen molar-refractivity contribution in [2.75, 3.05) is 13.1 Å². The normalized spacial score (nSPS) is 30.0. The number of rotatable bonds is 3. The third-order valence-electron chi connectivity index (χ3n) is 6.01. The minimum absolute atomic E-state index is 0.00338. The maximum Gasteiger partial charge on any atom is 0.407 e. The molecule has 1 aliphatic carbocycles. The minimum atomic E-state index is -4.22. The monoisotopic (exact) mass is 422 g/mol. The minimum Gasteiger partial charge on any atom is -0.465 e. The van der Waals surface area contributed by atoms with Crippen molar-refractivity contribution >= 4 is 17.7 Å². The Morgan fingerprint density at radius 1 is 1.21 bits per heavy atom. The molecule has 1 heterocycles. The zero-order valence-corrected chi connectivity index (χ0v) is 16.3. The van der Waals surface area contributed by atoms with Crippen LogP contribution < -0.4 is 0 Å². The predicted molar refractivity (Wildman–Crippen MR) is 96.8 cm³/mol. The fourth-order valence-electron chi connectivity index (χ4n) is 4.43. The number of alkyl halides is 3. The van der Waals surface area contributed by atoms with Crippen LogP contribution in [-0.2, 0) is 0 Å². The van der Waals surface area contributed by atoms with Crippen molar-refractivity contribution in [2.45, 2.75) is 51.0 Å². The number of halogens is 5. The molecule has 0 spiro atoms. The molecule has 1 aromatic rings. The number of carbonyl (C=O) groups is 1. The fourth-order valence-corrected chi connectivity index (χ4v) is 4.61. The van der Waals surface area contributed by atoms with Crippen LogP contribution in [-0.4, -0.2) is 52.3 Å². The van der Waals surface area contributed by atoms with Gasteiger partial charge in [0.1, 0.15) is 5.82 Å². The summed E-state index contributed by atoms with van der Waals surface area (Å²) < 4.78 is 52.7. The molecule has 1 unspecified atom stereocenters. The van der Waals surface area contributed by atoms with Crippen LogP contribution in [0.25, 0.3) is 0 Å². The van der Waals surface area contributed by atoms with Gasteiger partial charge in [-0.2, -0.15) is 13.2 Å². The molecule has 2 aliphatic rings. The first-order valence-corrected chi connectivity index (χ1v) is 9.63. The van der Waals surface area contributed by atoms with Gasteiger partial charge < -0.3 is 10.0 Å². The van der Waals surface area contributed by atoms with Gasteiger partial charge in [-0.25, -0.2) is 9.18 Å². The topological polar surface area (TPSA) is 43.8 Å². The first-order valence-electron chi connectivity index (χ1n) is 9.26. The Balaban J connectivity index is 1.89. The molecule has 1 saturated heterocycles. The second-order valence-electron chi connectivity index (χ2n) is 7.92. The number of nitrogens with zero attached hydrogens (tertiary/aromatic N) is 2. The zero-order valence-electron chi connectivity index (χ0n) is 15.6. The molecule has 0 bridgehead atoms. The van der Waals surface area contributed by atoms with Crippen LogP contribution in [0, 0.1) is 17.7 Å². The van der Waals surface area contributed by atoms with Crippen molar-refractivity contribution in [3.8, 4) is 0 Å². The van der Waals surface area contributed by atoms with E-state index >= 15 is 0 Å². The van der Waals surface area contributed by atoms with Gasteiger partial charge in [0.2, 0.25) is 0 Å². The van der Waals surface area contributed by atoms with Crippen molar-refractivity contribution in [1.82, 2.24) is 9.80 Å². The molecule has 1 aliphatic heterocycles. The van der Waals surface area contributed by atoms with E-state index in [1.54, 1.807) is 13.0 Å². The maximum atomic E-state index is 13.6. The van der Waals surface area contributed by atoms with Gasteiger partial charge in [-0.05, 0) is 50.3 Å². The second-order valence-corrected chi connectivity index (χ2v) is 8.33. The Morgan fingerprint density at radius 3 is 2.39 bits per heavy atom. The smallest absolute Gasteiger partial charge is 0.407 e. The molecule has 0 aromatic heterocycles. The summed E-state index contributed by atoms with van der Waals surface area (Å²) in [6.45, 7) is 4.29. The van der Waals surface area contributed by atoms with E-state index in [1.807, 2.05) is 11.8 Å². The maximum absolute atomic E-state index is 13.6. The summed E-state index contributed by atoms with van der Waals surface area (Å²) in [5, 5.41) is 9.28. The van der Waals surface area contributed by atoms with Crippen LogP contribution in [0.1, 0.15) is 38.3 Å². The van der Waals surface area contributed by atoms with Gasteiger partial charge in [-0.1, -0.05) is 17.7 Å². The van der Waals surface area contributed by atoms with Gasteiger partial charge in [0, 0.05) is 31.2 Å². The summed E-state index contributed by atoms with van der Waals surface area (Å²) in [6, 6.07) is 3.41. The van der Waals surface area contributed by atoms with Crippen LogP contribution in [0.2, 0.25) is 5.02 Å². The molecule has 1 aromatic carbocycles. The summed E-state index contributed by atoms with van der Waals surface area (Å²) in [5.41, 5.74) is 0.667. The first kappa shape index (κ1) is 21.2. The molecule has 28 heavy (non-hydrogen) atoms. The van der Waals surface area contributed by atoms with Crippen molar-refractivity contribution in [2.24, 2.45) is 11.8 Å². The molecule has 3 rings (SSSR count). The number of hydrogen-bond acceptors (Lipinski definition) is 2. The van der Waals surface area contributed by atoms with Crippen molar-refractivity contribution < 1.29 is 27.5 Å². The molecular weight excluding hydrogens is 400 g/mol. The standard InChI is InChI=1S/C19H23ClF4N2O2/c1-10-9-26(18(27)28)11(2)8-25(10)17(12-3-4-16(21)15(20)7-12)13-5-14(6-13)19(22,23)24/h3-4,7,10-11,13-14,17H,5-6,8-9H2,1-2H3,(H,27,28)/t10-,11+,13-,14-,17?/m1/s1. The van der Waals surface area contributed by atoms with Gasteiger partial charge in [0.25, 0.3) is 0 Å². The molecule has 1 amide bonds. The van der Waals surface area contributed by atoms with E-state index in [-0.39, 0.29) is 48.5 Å². The Morgan fingerprint density at radius 2 is 1.86 bits per heavy atom. The highest BCUT2D eigenvalue weighted by molar-refractivity contribution is 6.30. The first-order chi connectivity index (χ1) is 13.0. The third-order valence-corrected chi connectivity index (χ3v) is 6.30. The molecule has 156 valence electrons. The third kappa shape index (κ3) is 4.08. The predicted octanol–water partition coefficient (Wildman–Crippen LogP) is 5.18. The van der Waals surface area contributed by atoms with Crippen LogP contribution in [0.3, 0.4) is 0 Å². The molecule has 9 heteroatoms. The zero-order chi connectivity index (χ0) is 20.8. The van der Waals surface area contributed by atoms with Gasteiger partial charge in [-0.15, -0.1) is 0 Å². The highest BCUT2D eigenvalue weighted by Crippen LogP contribution is 2.52. The Labute approximate surface area is 166 Å². The van der Waals surface area contributed by atoms with Gasteiger partial charge in [-0.3, -0.25) is 4.90 Å². The lowest BCUT2D eigenvalue weighted by Gasteiger charge is -2.51. The van der Waals surface area contributed by atoms with E-state index in [9.17, 15) is 27.5 Å². The number of hydrogen-bond donors (Lipinski definition) is 1. The van der Waals surface area contributed by atoms with Crippen molar-refractivity contribution in [1.29, 1.82) is 0 Å². The van der Waals surface area contributed by atoms with E-state index in [0.717, 1.165) is 0 Å². The molecule has 4 nitrogen and oxygen atoms in total. The highest BCUT2D eigenvalue weighted by atomic mass is 35.5. The van der Waals surface area contributed by atoms with Gasteiger partial charge in [0.05, 0.1) is 10.9 Å². The molecule has 1 saturated carbocycles. The summed E-state index contributed by atoms with van der Waals surface area (Å²) >= 11 is 5.93. The van der Waals surface area contributed by atoms with E-state index in [2.05, 4.69) is 0 Å². The lowest BCUT2D eigenvalue weighted by atomic mass is 9.68. The van der Waals surface area contributed by atoms with E-state index in [4.69, 9.17) is 11.6 Å². The molecular formula is C19H23ClF4N2O2. The quantitative estimate of drug-likeness (QED) is 0.682.